The highest BCUT2D eigenvalue weighted by Gasteiger charge is 2.16. The lowest BCUT2D eigenvalue weighted by Crippen LogP contribution is -2.25. The van der Waals surface area contributed by atoms with Crippen LogP contribution in [0.3, 0.4) is 0 Å². The number of hydrogen-bond acceptors (Lipinski definition) is 2. The third-order valence-corrected chi connectivity index (χ3v) is 3.53. The summed E-state index contributed by atoms with van der Waals surface area (Å²) in [5.41, 5.74) is 5.53. The van der Waals surface area contributed by atoms with E-state index in [0.717, 1.165) is 17.0 Å². The molecule has 1 N–H and O–H groups in total. The molecule has 0 atom stereocenters. The van der Waals surface area contributed by atoms with Crippen molar-refractivity contribution in [1.82, 2.24) is 0 Å². The Morgan fingerprint density at radius 2 is 2.00 bits per heavy atom. The number of nitrogens with one attached hydrogen (secondary N) is 1. The van der Waals surface area contributed by atoms with Crippen molar-refractivity contribution >= 4 is 11.6 Å². The fourth-order valence-corrected chi connectivity index (χ4v) is 2.31. The second kappa shape index (κ2) is 4.43. The van der Waals surface area contributed by atoms with Crippen molar-refractivity contribution in [3.63, 3.8) is 0 Å². The zero-order chi connectivity index (χ0) is 13.4. The number of carbonyl (C=O) groups is 1. The van der Waals surface area contributed by atoms with Gasteiger partial charge >= 0.3 is 0 Å². The molecule has 1 heterocycles. The Hall–Kier alpha value is -2.29. The van der Waals surface area contributed by atoms with Crippen LogP contribution in [0.5, 0.6) is 5.75 Å². The first kappa shape index (κ1) is 11.8. The molecule has 0 bridgehead atoms. The van der Waals surface area contributed by atoms with Crippen LogP contribution in [0, 0.1) is 13.8 Å². The maximum atomic E-state index is 11.4. The van der Waals surface area contributed by atoms with E-state index in [-0.39, 0.29) is 12.5 Å². The fraction of sp³-hybridized carbons (Fsp3) is 0.188. The second-order valence-corrected chi connectivity index (χ2v) is 4.80. The Kier molecular flexibility index (Phi) is 2.75. The van der Waals surface area contributed by atoms with Gasteiger partial charge in [0.2, 0.25) is 0 Å². The second-order valence-electron chi connectivity index (χ2n) is 4.80. The van der Waals surface area contributed by atoms with Gasteiger partial charge in [0.15, 0.2) is 6.61 Å². The van der Waals surface area contributed by atoms with E-state index in [1.54, 1.807) is 0 Å². The van der Waals surface area contributed by atoms with Crippen LogP contribution in [-0.2, 0) is 4.79 Å². The highest BCUT2D eigenvalue weighted by Crippen LogP contribution is 2.34. The van der Waals surface area contributed by atoms with Crippen LogP contribution in [0.25, 0.3) is 11.1 Å². The Balaban J connectivity index is 2.09. The SMILES string of the molecule is Cc1cccc(-c2ccc3c(c2)NC(=O)CO3)c1C. The number of benzene rings is 2. The predicted octanol–water partition coefficient (Wildman–Crippen LogP) is 3.30. The van der Waals surface area contributed by atoms with E-state index in [9.17, 15) is 4.79 Å². The molecule has 3 nitrogen and oxygen atoms in total. The Labute approximate surface area is 112 Å². The molecule has 0 aliphatic carbocycles. The largest absolute Gasteiger partial charge is 0.482 e. The first-order valence-electron chi connectivity index (χ1n) is 6.28. The Morgan fingerprint density at radius 1 is 1.16 bits per heavy atom. The van der Waals surface area contributed by atoms with Gasteiger partial charge in [-0.1, -0.05) is 24.3 Å². The molecule has 0 aromatic heterocycles. The summed E-state index contributed by atoms with van der Waals surface area (Å²) in [6.45, 7) is 4.30. The van der Waals surface area contributed by atoms with Crippen LogP contribution in [0.4, 0.5) is 5.69 Å². The van der Waals surface area contributed by atoms with Crippen LogP contribution in [0.1, 0.15) is 11.1 Å². The Bertz CT molecular complexity index is 662. The van der Waals surface area contributed by atoms with Crippen molar-refractivity contribution < 1.29 is 9.53 Å². The molecule has 3 heteroatoms. The molecule has 0 saturated heterocycles. The normalized spacial score (nSPS) is 13.5. The minimum Gasteiger partial charge on any atom is -0.482 e. The highest BCUT2D eigenvalue weighted by atomic mass is 16.5. The fourth-order valence-electron chi connectivity index (χ4n) is 2.31. The molecular formula is C16H15NO2. The number of hydrogen-bond donors (Lipinski definition) is 1. The summed E-state index contributed by atoms with van der Waals surface area (Å²) in [4.78, 5) is 11.4. The van der Waals surface area contributed by atoms with Crippen molar-refractivity contribution in [2.45, 2.75) is 13.8 Å². The molecule has 1 aliphatic heterocycles. The summed E-state index contributed by atoms with van der Waals surface area (Å²) in [5, 5.41) is 2.84. The van der Waals surface area contributed by atoms with E-state index in [2.05, 4.69) is 31.3 Å². The monoisotopic (exact) mass is 253 g/mol. The molecule has 1 amide bonds. The van der Waals surface area contributed by atoms with Gasteiger partial charge in [0.05, 0.1) is 5.69 Å². The zero-order valence-electron chi connectivity index (χ0n) is 11.0. The van der Waals surface area contributed by atoms with E-state index in [0.29, 0.717) is 0 Å². The number of anilines is 1. The van der Waals surface area contributed by atoms with Gasteiger partial charge in [0, 0.05) is 0 Å². The number of rotatable bonds is 1. The number of carbonyl (C=O) groups excluding carboxylic acids is 1. The average Bonchev–Trinajstić information content (AvgIpc) is 2.41. The first-order chi connectivity index (χ1) is 9.15. The van der Waals surface area contributed by atoms with Gasteiger partial charge in [-0.2, -0.15) is 0 Å². The number of ether oxygens (including phenoxy) is 1. The molecule has 0 saturated carbocycles. The molecule has 2 aromatic carbocycles. The lowest BCUT2D eigenvalue weighted by atomic mass is 9.96. The summed E-state index contributed by atoms with van der Waals surface area (Å²) in [5.74, 6) is 0.624. The third kappa shape index (κ3) is 2.08. The minimum atomic E-state index is -0.106. The maximum Gasteiger partial charge on any atom is 0.262 e. The van der Waals surface area contributed by atoms with E-state index in [1.807, 2.05) is 24.3 Å². The van der Waals surface area contributed by atoms with Gasteiger partial charge in [-0.05, 0) is 48.2 Å². The number of fused-ring (bicyclic) bond motifs is 1. The van der Waals surface area contributed by atoms with E-state index in [1.165, 1.54) is 16.7 Å². The molecule has 96 valence electrons. The van der Waals surface area contributed by atoms with Crippen LogP contribution < -0.4 is 10.1 Å². The van der Waals surface area contributed by atoms with Crippen molar-refractivity contribution in [1.29, 1.82) is 0 Å². The van der Waals surface area contributed by atoms with Gasteiger partial charge in [-0.15, -0.1) is 0 Å². The molecular weight excluding hydrogens is 238 g/mol. The highest BCUT2D eigenvalue weighted by molar-refractivity contribution is 5.96. The molecule has 19 heavy (non-hydrogen) atoms. The molecule has 0 spiro atoms. The average molecular weight is 253 g/mol. The van der Waals surface area contributed by atoms with Crippen molar-refractivity contribution in [2.24, 2.45) is 0 Å². The van der Waals surface area contributed by atoms with Gasteiger partial charge in [-0.3, -0.25) is 4.79 Å². The lowest BCUT2D eigenvalue weighted by Gasteiger charge is -2.19. The molecule has 2 aromatic rings. The minimum absolute atomic E-state index is 0.0931. The Morgan fingerprint density at radius 3 is 2.84 bits per heavy atom. The van der Waals surface area contributed by atoms with Crippen molar-refractivity contribution in [3.8, 4) is 16.9 Å². The van der Waals surface area contributed by atoms with Crippen LogP contribution in [0.2, 0.25) is 0 Å². The van der Waals surface area contributed by atoms with E-state index >= 15 is 0 Å². The maximum absolute atomic E-state index is 11.4. The van der Waals surface area contributed by atoms with Gasteiger partial charge in [0.1, 0.15) is 5.75 Å². The topological polar surface area (TPSA) is 38.3 Å². The van der Waals surface area contributed by atoms with Crippen LogP contribution >= 0.6 is 0 Å². The molecule has 0 fully saturated rings. The summed E-state index contributed by atoms with van der Waals surface area (Å²) < 4.78 is 5.37. The standard InChI is InChI=1S/C16H15NO2/c1-10-4-3-5-13(11(10)2)12-6-7-15-14(8-12)17-16(18)9-19-15/h3-8H,9H2,1-2H3,(H,17,18). The van der Waals surface area contributed by atoms with E-state index in [4.69, 9.17) is 4.74 Å². The van der Waals surface area contributed by atoms with Crippen LogP contribution in [-0.4, -0.2) is 12.5 Å². The molecule has 0 radical (unpaired) electrons. The summed E-state index contributed by atoms with van der Waals surface area (Å²) in [7, 11) is 0. The zero-order valence-corrected chi connectivity index (χ0v) is 11.0. The van der Waals surface area contributed by atoms with Crippen molar-refractivity contribution in [3.05, 3.63) is 47.5 Å². The predicted molar refractivity (Wildman–Crippen MR) is 75.5 cm³/mol. The summed E-state index contributed by atoms with van der Waals surface area (Å²) >= 11 is 0. The number of aryl methyl sites for hydroxylation is 1. The smallest absolute Gasteiger partial charge is 0.262 e. The first-order valence-corrected chi connectivity index (χ1v) is 6.28. The summed E-state index contributed by atoms with van der Waals surface area (Å²) in [6.07, 6.45) is 0. The van der Waals surface area contributed by atoms with Gasteiger partial charge in [-0.25, -0.2) is 0 Å². The summed E-state index contributed by atoms with van der Waals surface area (Å²) in [6, 6.07) is 12.1. The van der Waals surface area contributed by atoms with Crippen molar-refractivity contribution in [2.75, 3.05) is 11.9 Å². The number of amides is 1. The van der Waals surface area contributed by atoms with Gasteiger partial charge in [0.25, 0.3) is 5.91 Å². The van der Waals surface area contributed by atoms with E-state index < -0.39 is 0 Å². The lowest BCUT2D eigenvalue weighted by molar-refractivity contribution is -0.118. The van der Waals surface area contributed by atoms with Crippen LogP contribution in [0.15, 0.2) is 36.4 Å². The molecule has 0 unspecified atom stereocenters. The molecule has 1 aliphatic rings. The third-order valence-electron chi connectivity index (χ3n) is 3.53. The quantitative estimate of drug-likeness (QED) is 0.846. The van der Waals surface area contributed by atoms with Gasteiger partial charge < -0.3 is 10.1 Å². The molecule has 3 rings (SSSR count).